The largest absolute Gasteiger partial charge is 0.493 e. The molecule has 1 aromatic carbocycles. The van der Waals surface area contributed by atoms with Crippen LogP contribution >= 0.6 is 15.9 Å². The summed E-state index contributed by atoms with van der Waals surface area (Å²) in [5.74, 6) is 1.78. The molecule has 2 nitrogen and oxygen atoms in total. The van der Waals surface area contributed by atoms with E-state index in [1.54, 1.807) is 0 Å². The fourth-order valence-electron chi connectivity index (χ4n) is 2.60. The summed E-state index contributed by atoms with van der Waals surface area (Å²) in [6.45, 7) is 9.59. The van der Waals surface area contributed by atoms with Crippen molar-refractivity contribution in [1.82, 2.24) is 5.32 Å². The fraction of sp³-hybridized carbons (Fsp3) is 0.647. The van der Waals surface area contributed by atoms with Crippen LogP contribution in [0.25, 0.3) is 0 Å². The molecular weight excluding hydrogens is 314 g/mol. The number of rotatable bonds is 8. The van der Waals surface area contributed by atoms with Crippen molar-refractivity contribution in [3.63, 3.8) is 0 Å². The number of ether oxygens (including phenoxy) is 1. The predicted octanol–water partition coefficient (Wildman–Crippen LogP) is 4.76. The molecule has 0 amide bonds. The molecule has 0 aliphatic heterocycles. The van der Waals surface area contributed by atoms with Crippen LogP contribution in [0.1, 0.15) is 45.6 Å². The van der Waals surface area contributed by atoms with E-state index >= 15 is 0 Å². The van der Waals surface area contributed by atoms with Gasteiger partial charge in [0.15, 0.2) is 0 Å². The van der Waals surface area contributed by atoms with E-state index in [0.717, 1.165) is 42.3 Å². The zero-order valence-corrected chi connectivity index (χ0v) is 14.4. The van der Waals surface area contributed by atoms with Gasteiger partial charge in [0, 0.05) is 23.1 Å². The molecule has 0 radical (unpaired) electrons. The summed E-state index contributed by atoms with van der Waals surface area (Å²) in [6.07, 6.45) is 3.78. The second kappa shape index (κ2) is 6.95. The third-order valence-electron chi connectivity index (χ3n) is 4.39. The van der Waals surface area contributed by atoms with Crippen LogP contribution in [0.5, 0.6) is 5.75 Å². The van der Waals surface area contributed by atoms with Crippen LogP contribution in [0.15, 0.2) is 22.7 Å². The number of nitrogens with one attached hydrogen (secondary N) is 1. The van der Waals surface area contributed by atoms with Gasteiger partial charge in [-0.15, -0.1) is 0 Å². The Kier molecular flexibility index (Phi) is 5.50. The van der Waals surface area contributed by atoms with E-state index in [1.165, 1.54) is 18.4 Å². The maximum absolute atomic E-state index is 5.83. The Hall–Kier alpha value is -0.540. The van der Waals surface area contributed by atoms with Crippen molar-refractivity contribution in [3.05, 3.63) is 28.2 Å². The van der Waals surface area contributed by atoms with Crippen LogP contribution in [-0.2, 0) is 6.54 Å². The Labute approximate surface area is 131 Å². The van der Waals surface area contributed by atoms with E-state index < -0.39 is 0 Å². The molecule has 0 aromatic heterocycles. The number of halogens is 1. The summed E-state index contributed by atoms with van der Waals surface area (Å²) in [7, 11) is 0. The Morgan fingerprint density at radius 2 is 2.10 bits per heavy atom. The monoisotopic (exact) mass is 339 g/mol. The first-order valence-corrected chi connectivity index (χ1v) is 8.48. The molecule has 1 saturated carbocycles. The van der Waals surface area contributed by atoms with Crippen LogP contribution < -0.4 is 10.1 Å². The molecule has 0 saturated heterocycles. The van der Waals surface area contributed by atoms with Crippen LogP contribution in [0.3, 0.4) is 0 Å². The minimum Gasteiger partial charge on any atom is -0.493 e. The molecule has 1 aliphatic rings. The van der Waals surface area contributed by atoms with E-state index in [1.807, 2.05) is 6.07 Å². The van der Waals surface area contributed by atoms with Crippen molar-refractivity contribution >= 4 is 15.9 Å². The molecule has 3 heteroatoms. The summed E-state index contributed by atoms with van der Waals surface area (Å²) in [6, 6.07) is 6.27. The van der Waals surface area contributed by atoms with E-state index in [2.05, 4.69) is 54.2 Å². The SMILES string of the molecule is CCCOc1ccc(Br)cc1CNCC1(C(C)C)CC1. The van der Waals surface area contributed by atoms with E-state index in [4.69, 9.17) is 4.74 Å². The van der Waals surface area contributed by atoms with Gasteiger partial charge in [0.1, 0.15) is 5.75 Å². The van der Waals surface area contributed by atoms with Crippen molar-refractivity contribution in [2.45, 2.75) is 46.6 Å². The van der Waals surface area contributed by atoms with Crippen LogP contribution in [0.2, 0.25) is 0 Å². The van der Waals surface area contributed by atoms with Gasteiger partial charge >= 0.3 is 0 Å². The molecule has 0 atom stereocenters. The minimum absolute atomic E-state index is 0.552. The normalized spacial score (nSPS) is 16.4. The standard InChI is InChI=1S/C17H26BrNO/c1-4-9-20-16-6-5-15(18)10-14(16)11-19-12-17(7-8-17)13(2)3/h5-6,10,13,19H,4,7-9,11-12H2,1-3H3. The second-order valence-corrected chi connectivity index (χ2v) is 7.14. The molecule has 1 N–H and O–H groups in total. The summed E-state index contributed by atoms with van der Waals surface area (Å²) in [4.78, 5) is 0. The summed E-state index contributed by atoms with van der Waals surface area (Å²) < 4.78 is 6.94. The number of hydrogen-bond acceptors (Lipinski definition) is 2. The predicted molar refractivity (Wildman–Crippen MR) is 88.1 cm³/mol. The maximum Gasteiger partial charge on any atom is 0.123 e. The van der Waals surface area contributed by atoms with Crippen molar-refractivity contribution in [2.75, 3.05) is 13.2 Å². The highest BCUT2D eigenvalue weighted by atomic mass is 79.9. The molecule has 1 aliphatic carbocycles. The van der Waals surface area contributed by atoms with Gasteiger partial charge in [0.2, 0.25) is 0 Å². The summed E-state index contributed by atoms with van der Waals surface area (Å²) in [5, 5.41) is 3.63. The lowest BCUT2D eigenvalue weighted by molar-refractivity contribution is 0.309. The lowest BCUT2D eigenvalue weighted by Gasteiger charge is -2.20. The van der Waals surface area contributed by atoms with Gasteiger partial charge in [-0.1, -0.05) is 36.7 Å². The minimum atomic E-state index is 0.552. The quantitative estimate of drug-likeness (QED) is 0.736. The van der Waals surface area contributed by atoms with Crippen molar-refractivity contribution in [3.8, 4) is 5.75 Å². The molecule has 1 fully saturated rings. The lowest BCUT2D eigenvalue weighted by atomic mass is 9.92. The van der Waals surface area contributed by atoms with Crippen LogP contribution in [-0.4, -0.2) is 13.2 Å². The maximum atomic E-state index is 5.83. The molecule has 0 spiro atoms. The molecule has 112 valence electrons. The first-order valence-electron chi connectivity index (χ1n) is 7.69. The highest BCUT2D eigenvalue weighted by Gasteiger charge is 2.44. The highest BCUT2D eigenvalue weighted by Crippen LogP contribution is 2.51. The molecule has 20 heavy (non-hydrogen) atoms. The molecule has 0 bridgehead atoms. The van der Waals surface area contributed by atoms with Gasteiger partial charge in [-0.3, -0.25) is 0 Å². The van der Waals surface area contributed by atoms with Crippen molar-refractivity contribution < 1.29 is 4.74 Å². The Morgan fingerprint density at radius 1 is 1.35 bits per heavy atom. The number of hydrogen-bond donors (Lipinski definition) is 1. The molecule has 0 heterocycles. The van der Waals surface area contributed by atoms with Gasteiger partial charge < -0.3 is 10.1 Å². The van der Waals surface area contributed by atoms with Crippen LogP contribution in [0, 0.1) is 11.3 Å². The van der Waals surface area contributed by atoms with Gasteiger partial charge in [-0.25, -0.2) is 0 Å². The third kappa shape index (κ3) is 3.98. The zero-order valence-electron chi connectivity index (χ0n) is 12.8. The van der Waals surface area contributed by atoms with Gasteiger partial charge in [-0.05, 0) is 48.8 Å². The molecule has 2 rings (SSSR count). The second-order valence-electron chi connectivity index (χ2n) is 6.22. The van der Waals surface area contributed by atoms with E-state index in [0.29, 0.717) is 5.41 Å². The first kappa shape index (κ1) is 15.8. The smallest absolute Gasteiger partial charge is 0.123 e. The van der Waals surface area contributed by atoms with Gasteiger partial charge in [-0.2, -0.15) is 0 Å². The fourth-order valence-corrected chi connectivity index (χ4v) is 3.01. The summed E-state index contributed by atoms with van der Waals surface area (Å²) >= 11 is 3.55. The average molecular weight is 340 g/mol. The Bertz CT molecular complexity index is 441. The number of benzene rings is 1. The van der Waals surface area contributed by atoms with Crippen molar-refractivity contribution in [2.24, 2.45) is 11.3 Å². The van der Waals surface area contributed by atoms with E-state index in [9.17, 15) is 0 Å². The molecule has 1 aromatic rings. The van der Waals surface area contributed by atoms with E-state index in [-0.39, 0.29) is 0 Å². The molecule has 0 unspecified atom stereocenters. The zero-order chi connectivity index (χ0) is 14.6. The average Bonchev–Trinajstić information content (AvgIpc) is 3.19. The lowest BCUT2D eigenvalue weighted by Crippen LogP contribution is -2.27. The van der Waals surface area contributed by atoms with Gasteiger partial charge in [0.25, 0.3) is 0 Å². The molecular formula is C17H26BrNO. The Morgan fingerprint density at radius 3 is 2.70 bits per heavy atom. The summed E-state index contributed by atoms with van der Waals surface area (Å²) in [5.41, 5.74) is 1.79. The Balaban J connectivity index is 1.92. The third-order valence-corrected chi connectivity index (χ3v) is 4.89. The van der Waals surface area contributed by atoms with Gasteiger partial charge in [0.05, 0.1) is 6.61 Å². The topological polar surface area (TPSA) is 21.3 Å². The van der Waals surface area contributed by atoms with Crippen LogP contribution in [0.4, 0.5) is 0 Å². The highest BCUT2D eigenvalue weighted by molar-refractivity contribution is 9.10. The van der Waals surface area contributed by atoms with Crippen molar-refractivity contribution in [1.29, 1.82) is 0 Å². The first-order chi connectivity index (χ1) is 9.57.